The van der Waals surface area contributed by atoms with E-state index in [-0.39, 0.29) is 18.1 Å². The first-order valence-electron chi connectivity index (χ1n) is 6.53. The molecule has 0 fully saturated rings. The highest BCUT2D eigenvalue weighted by Gasteiger charge is 2.11. The number of thiophene rings is 1. The Morgan fingerprint density at radius 3 is 2.85 bits per heavy atom. The van der Waals surface area contributed by atoms with Crippen LogP contribution in [0.2, 0.25) is 0 Å². The summed E-state index contributed by atoms with van der Waals surface area (Å²) in [7, 11) is 0. The van der Waals surface area contributed by atoms with Crippen LogP contribution in [0.5, 0.6) is 0 Å². The summed E-state index contributed by atoms with van der Waals surface area (Å²) in [6.07, 6.45) is 2.77. The monoisotopic (exact) mass is 287 g/mol. The van der Waals surface area contributed by atoms with E-state index < -0.39 is 0 Å². The molecule has 3 rings (SSSR count). The molecule has 0 N–H and O–H groups in total. The van der Waals surface area contributed by atoms with E-state index in [0.717, 1.165) is 22.2 Å². The minimum Gasteiger partial charge on any atom is -0.340 e. The van der Waals surface area contributed by atoms with Gasteiger partial charge in [-0.2, -0.15) is 0 Å². The van der Waals surface area contributed by atoms with Gasteiger partial charge < -0.3 is 4.57 Å². The van der Waals surface area contributed by atoms with Crippen LogP contribution in [0.25, 0.3) is 10.9 Å². The van der Waals surface area contributed by atoms with E-state index >= 15 is 0 Å². The second kappa shape index (κ2) is 5.21. The number of carbonyl (C=O) groups is 1. The lowest BCUT2D eigenvalue weighted by Crippen LogP contribution is -2.07. The Kier molecular flexibility index (Phi) is 3.40. The van der Waals surface area contributed by atoms with Gasteiger partial charge in [0.05, 0.1) is 16.9 Å². The van der Waals surface area contributed by atoms with Crippen LogP contribution in [0, 0.1) is 5.82 Å². The highest BCUT2D eigenvalue weighted by atomic mass is 32.1. The number of halogens is 1. The molecule has 2 aromatic heterocycles. The summed E-state index contributed by atoms with van der Waals surface area (Å²) in [6.45, 7) is 2.32. The van der Waals surface area contributed by atoms with Crippen molar-refractivity contribution < 1.29 is 9.18 Å². The number of rotatable bonds is 4. The van der Waals surface area contributed by atoms with Gasteiger partial charge in [0, 0.05) is 11.1 Å². The van der Waals surface area contributed by atoms with E-state index in [0.29, 0.717) is 0 Å². The normalized spacial score (nSPS) is 11.1. The van der Waals surface area contributed by atoms with Crippen molar-refractivity contribution in [3.63, 3.8) is 0 Å². The lowest BCUT2D eigenvalue weighted by molar-refractivity contribution is 0.0977. The number of aryl methyl sites for hydroxylation is 1. The molecule has 0 aliphatic heterocycles. The van der Waals surface area contributed by atoms with E-state index in [2.05, 4.69) is 6.92 Å². The Morgan fingerprint density at radius 1 is 1.25 bits per heavy atom. The number of nitrogens with zero attached hydrogens (tertiary/aromatic N) is 1. The van der Waals surface area contributed by atoms with Gasteiger partial charge in [-0.25, -0.2) is 4.39 Å². The third-order valence-electron chi connectivity index (χ3n) is 3.33. The summed E-state index contributed by atoms with van der Waals surface area (Å²) in [5.41, 5.74) is 0.755. The number of ketones is 1. The van der Waals surface area contributed by atoms with Gasteiger partial charge in [-0.05, 0) is 48.2 Å². The fourth-order valence-corrected chi connectivity index (χ4v) is 3.12. The van der Waals surface area contributed by atoms with Crippen molar-refractivity contribution in [2.24, 2.45) is 0 Å². The predicted molar refractivity (Wildman–Crippen MR) is 79.9 cm³/mol. The summed E-state index contributed by atoms with van der Waals surface area (Å²) >= 11 is 1.53. The maximum atomic E-state index is 13.3. The second-order valence-electron chi connectivity index (χ2n) is 4.69. The van der Waals surface area contributed by atoms with E-state index in [4.69, 9.17) is 0 Å². The van der Waals surface area contributed by atoms with Gasteiger partial charge in [0.1, 0.15) is 5.82 Å². The summed E-state index contributed by atoms with van der Waals surface area (Å²) < 4.78 is 15.1. The van der Waals surface area contributed by atoms with Crippen molar-refractivity contribution in [3.8, 4) is 0 Å². The van der Waals surface area contributed by atoms with Crippen molar-refractivity contribution >= 4 is 28.0 Å². The van der Waals surface area contributed by atoms with Crippen LogP contribution in [0.1, 0.15) is 21.5 Å². The van der Waals surface area contributed by atoms with Crippen molar-refractivity contribution in [3.05, 3.63) is 58.2 Å². The van der Waals surface area contributed by atoms with E-state index in [1.807, 2.05) is 24.4 Å². The number of benzene rings is 1. The number of hydrogen-bond acceptors (Lipinski definition) is 2. The van der Waals surface area contributed by atoms with Gasteiger partial charge >= 0.3 is 0 Å². The molecule has 0 aliphatic carbocycles. The lowest BCUT2D eigenvalue weighted by atomic mass is 10.2. The van der Waals surface area contributed by atoms with E-state index in [9.17, 15) is 9.18 Å². The van der Waals surface area contributed by atoms with Crippen LogP contribution in [-0.2, 0) is 13.0 Å². The van der Waals surface area contributed by atoms with E-state index in [1.165, 1.54) is 28.3 Å². The zero-order valence-electron chi connectivity index (χ0n) is 11.1. The molecular formula is C16H14FNOS. The smallest absolute Gasteiger partial charge is 0.192 e. The molecule has 3 aromatic rings. The number of fused-ring (bicyclic) bond motifs is 1. The van der Waals surface area contributed by atoms with Gasteiger partial charge in [0.15, 0.2) is 5.78 Å². The maximum absolute atomic E-state index is 13.3. The standard InChI is InChI=1S/C16H14FNOS/c1-2-13-5-6-16(20-13)15(19)10-18-8-7-11-3-4-12(17)9-14(11)18/h3-9H,2,10H2,1H3. The van der Waals surface area contributed by atoms with Crippen LogP contribution in [0.4, 0.5) is 4.39 Å². The van der Waals surface area contributed by atoms with Crippen LogP contribution >= 0.6 is 11.3 Å². The predicted octanol–water partition coefficient (Wildman–Crippen LogP) is 4.29. The summed E-state index contributed by atoms with van der Waals surface area (Å²) in [4.78, 5) is 14.2. The van der Waals surface area contributed by atoms with E-state index in [1.54, 1.807) is 10.6 Å². The molecule has 0 spiro atoms. The quantitative estimate of drug-likeness (QED) is 0.656. The van der Waals surface area contributed by atoms with Gasteiger partial charge in [-0.3, -0.25) is 4.79 Å². The molecule has 0 radical (unpaired) electrons. The molecule has 0 atom stereocenters. The zero-order chi connectivity index (χ0) is 14.1. The number of carbonyl (C=O) groups excluding carboxylic acids is 1. The molecule has 0 amide bonds. The summed E-state index contributed by atoms with van der Waals surface area (Å²) in [5.74, 6) is -0.217. The molecule has 0 saturated heterocycles. The Bertz CT molecular complexity index is 772. The van der Waals surface area contributed by atoms with Crippen LogP contribution in [0.3, 0.4) is 0 Å². The average molecular weight is 287 g/mol. The Labute approximate surface area is 120 Å². The lowest BCUT2D eigenvalue weighted by Gasteiger charge is -2.03. The van der Waals surface area contributed by atoms with Crippen LogP contribution in [0.15, 0.2) is 42.6 Å². The third kappa shape index (κ3) is 2.39. The van der Waals surface area contributed by atoms with Crippen LogP contribution < -0.4 is 0 Å². The molecule has 0 saturated carbocycles. The molecule has 0 bridgehead atoms. The van der Waals surface area contributed by atoms with Crippen molar-refractivity contribution in [2.75, 3.05) is 0 Å². The first kappa shape index (κ1) is 13.1. The summed E-state index contributed by atoms with van der Waals surface area (Å²) in [6, 6.07) is 10.4. The first-order valence-corrected chi connectivity index (χ1v) is 7.35. The Hall–Kier alpha value is -1.94. The average Bonchev–Trinajstić information content (AvgIpc) is 3.06. The molecule has 1 aromatic carbocycles. The maximum Gasteiger partial charge on any atom is 0.192 e. The highest BCUT2D eigenvalue weighted by molar-refractivity contribution is 7.14. The molecule has 0 aliphatic rings. The topological polar surface area (TPSA) is 22.0 Å². The molecule has 102 valence electrons. The molecule has 20 heavy (non-hydrogen) atoms. The van der Waals surface area contributed by atoms with Gasteiger partial charge in [0.25, 0.3) is 0 Å². The molecule has 0 unspecified atom stereocenters. The Morgan fingerprint density at radius 2 is 2.10 bits per heavy atom. The molecule has 4 heteroatoms. The zero-order valence-corrected chi connectivity index (χ0v) is 11.9. The molecule has 2 nitrogen and oxygen atoms in total. The minimum absolute atomic E-state index is 0.0662. The fourth-order valence-electron chi connectivity index (χ4n) is 2.25. The first-order chi connectivity index (χ1) is 9.67. The largest absolute Gasteiger partial charge is 0.340 e. The van der Waals surface area contributed by atoms with Crippen molar-refractivity contribution in [2.45, 2.75) is 19.9 Å². The minimum atomic E-state index is -0.283. The molecular weight excluding hydrogens is 273 g/mol. The van der Waals surface area contributed by atoms with Gasteiger partial charge in [-0.1, -0.05) is 6.92 Å². The second-order valence-corrected chi connectivity index (χ2v) is 5.86. The summed E-state index contributed by atoms with van der Waals surface area (Å²) in [5, 5.41) is 0.944. The fraction of sp³-hybridized carbons (Fsp3) is 0.188. The van der Waals surface area contributed by atoms with Crippen LogP contribution in [-0.4, -0.2) is 10.4 Å². The molecule has 2 heterocycles. The van der Waals surface area contributed by atoms with Gasteiger partial charge in [-0.15, -0.1) is 11.3 Å². The number of Topliss-reactive ketones (excluding diaryl/α,β-unsaturated/α-hetero) is 1. The third-order valence-corrected chi connectivity index (χ3v) is 4.61. The van der Waals surface area contributed by atoms with Crippen molar-refractivity contribution in [1.29, 1.82) is 0 Å². The number of aromatic nitrogens is 1. The van der Waals surface area contributed by atoms with Crippen molar-refractivity contribution in [1.82, 2.24) is 4.57 Å². The Balaban J connectivity index is 1.89. The number of hydrogen-bond donors (Lipinski definition) is 0. The highest BCUT2D eigenvalue weighted by Crippen LogP contribution is 2.21. The van der Waals surface area contributed by atoms with Gasteiger partial charge in [0.2, 0.25) is 0 Å². The SMILES string of the molecule is CCc1ccc(C(=O)Cn2ccc3ccc(F)cc32)s1.